The fourth-order valence-electron chi connectivity index (χ4n) is 4.59. The number of nitrogens with zero attached hydrogens (tertiary/aromatic N) is 2. The van der Waals surface area contributed by atoms with Crippen molar-refractivity contribution in [2.24, 2.45) is 5.92 Å². The maximum Gasteiger partial charge on any atom is 0.251 e. The van der Waals surface area contributed by atoms with Gasteiger partial charge in [-0.3, -0.25) is 9.69 Å². The number of hydrogen-bond acceptors (Lipinski definition) is 4. The molecule has 2 aromatic carbocycles. The molecular formula is C26H35N3O2. The maximum atomic E-state index is 12.9. The average Bonchev–Trinajstić information content (AvgIpc) is 2.80. The number of nitrogens with one attached hydrogen (secondary N) is 1. The molecule has 0 spiro atoms. The molecule has 2 aliphatic rings. The highest BCUT2D eigenvalue weighted by Crippen LogP contribution is 2.25. The summed E-state index contributed by atoms with van der Waals surface area (Å²) >= 11 is 0. The molecule has 166 valence electrons. The number of rotatable bonds is 6. The lowest BCUT2D eigenvalue weighted by atomic mass is 9.99. The summed E-state index contributed by atoms with van der Waals surface area (Å²) in [5, 5.41) is 3.16. The molecule has 5 nitrogen and oxygen atoms in total. The van der Waals surface area contributed by atoms with Gasteiger partial charge in [-0.05, 0) is 61.1 Å². The van der Waals surface area contributed by atoms with Crippen LogP contribution in [0.3, 0.4) is 0 Å². The van der Waals surface area contributed by atoms with E-state index in [0.29, 0.717) is 0 Å². The Morgan fingerprint density at radius 1 is 1.13 bits per heavy atom. The van der Waals surface area contributed by atoms with Gasteiger partial charge in [0.25, 0.3) is 5.91 Å². The summed E-state index contributed by atoms with van der Waals surface area (Å²) in [5.41, 5.74) is 4.30. The van der Waals surface area contributed by atoms with Crippen LogP contribution < -0.4 is 10.2 Å². The van der Waals surface area contributed by atoms with E-state index in [1.807, 2.05) is 25.1 Å². The molecule has 0 radical (unpaired) electrons. The Labute approximate surface area is 186 Å². The first-order valence-corrected chi connectivity index (χ1v) is 11.6. The molecule has 2 heterocycles. The molecule has 1 amide bonds. The summed E-state index contributed by atoms with van der Waals surface area (Å²) < 4.78 is 5.42. The summed E-state index contributed by atoms with van der Waals surface area (Å²) in [6.07, 6.45) is 2.59. The van der Waals surface area contributed by atoms with Crippen molar-refractivity contribution < 1.29 is 9.53 Å². The van der Waals surface area contributed by atoms with Gasteiger partial charge in [0.2, 0.25) is 0 Å². The van der Waals surface area contributed by atoms with Crippen molar-refractivity contribution in [1.82, 2.24) is 10.2 Å². The fraction of sp³-hybridized carbons (Fsp3) is 0.500. The van der Waals surface area contributed by atoms with Crippen molar-refractivity contribution >= 4 is 11.6 Å². The van der Waals surface area contributed by atoms with Gasteiger partial charge in [0.05, 0.1) is 19.3 Å². The Kier molecular flexibility index (Phi) is 7.25. The van der Waals surface area contributed by atoms with Crippen LogP contribution >= 0.6 is 0 Å². The minimum absolute atomic E-state index is 0.0229. The van der Waals surface area contributed by atoms with Crippen molar-refractivity contribution in [3.05, 3.63) is 65.2 Å². The SMILES string of the molecule is C[C@H]1CCCN(c2ccc([C@@H](C)NC(=O)c3cccc(CN4CCOCC4)c3)cc2)C1. The Bertz CT molecular complexity index is 861. The number of hydrogen-bond donors (Lipinski definition) is 1. The van der Waals surface area contributed by atoms with Crippen LogP contribution in [0.15, 0.2) is 48.5 Å². The van der Waals surface area contributed by atoms with Crippen LogP contribution in [0.5, 0.6) is 0 Å². The van der Waals surface area contributed by atoms with E-state index in [4.69, 9.17) is 4.74 Å². The van der Waals surface area contributed by atoms with Gasteiger partial charge in [0.15, 0.2) is 0 Å². The van der Waals surface area contributed by atoms with Crippen LogP contribution in [0.25, 0.3) is 0 Å². The maximum absolute atomic E-state index is 12.9. The monoisotopic (exact) mass is 421 g/mol. The second-order valence-electron chi connectivity index (χ2n) is 9.07. The highest BCUT2D eigenvalue weighted by atomic mass is 16.5. The molecule has 4 rings (SSSR count). The quantitative estimate of drug-likeness (QED) is 0.758. The van der Waals surface area contributed by atoms with Crippen molar-refractivity contribution in [3.8, 4) is 0 Å². The van der Waals surface area contributed by atoms with Gasteiger partial charge < -0.3 is 15.0 Å². The molecule has 0 aromatic heterocycles. The van der Waals surface area contributed by atoms with E-state index >= 15 is 0 Å². The Morgan fingerprint density at radius 3 is 2.65 bits per heavy atom. The first-order chi connectivity index (χ1) is 15.1. The second kappa shape index (κ2) is 10.3. The van der Waals surface area contributed by atoms with E-state index in [-0.39, 0.29) is 11.9 Å². The fourth-order valence-corrected chi connectivity index (χ4v) is 4.59. The summed E-state index contributed by atoms with van der Waals surface area (Å²) in [4.78, 5) is 17.7. The number of anilines is 1. The van der Waals surface area contributed by atoms with Gasteiger partial charge in [0.1, 0.15) is 0 Å². The number of benzene rings is 2. The number of ether oxygens (including phenoxy) is 1. The van der Waals surface area contributed by atoms with Crippen molar-refractivity contribution in [2.75, 3.05) is 44.3 Å². The van der Waals surface area contributed by atoms with Crippen LogP contribution in [-0.2, 0) is 11.3 Å². The van der Waals surface area contributed by atoms with Crippen LogP contribution in [0.2, 0.25) is 0 Å². The van der Waals surface area contributed by atoms with E-state index in [0.717, 1.165) is 63.0 Å². The number of morpholine rings is 1. The van der Waals surface area contributed by atoms with Gasteiger partial charge in [-0.1, -0.05) is 31.2 Å². The normalized spacial score (nSPS) is 21.0. The molecule has 0 saturated carbocycles. The standard InChI is InChI=1S/C26H35N3O2/c1-20-5-4-12-29(18-20)25-10-8-23(9-11-25)21(2)27-26(30)24-7-3-6-22(17-24)19-28-13-15-31-16-14-28/h3,6-11,17,20-21H,4-5,12-16,18-19H2,1-2H3,(H,27,30)/t20-,21+/m0/s1. The second-order valence-corrected chi connectivity index (χ2v) is 9.07. The number of carbonyl (C=O) groups is 1. The number of amides is 1. The lowest BCUT2D eigenvalue weighted by Crippen LogP contribution is -2.35. The molecule has 0 bridgehead atoms. The Hall–Kier alpha value is -2.37. The zero-order chi connectivity index (χ0) is 21.6. The van der Waals surface area contributed by atoms with E-state index in [1.54, 1.807) is 0 Å². The van der Waals surface area contributed by atoms with Crippen LogP contribution in [0.4, 0.5) is 5.69 Å². The zero-order valence-corrected chi connectivity index (χ0v) is 18.8. The predicted octanol–water partition coefficient (Wildman–Crippen LogP) is 4.25. The third-order valence-electron chi connectivity index (χ3n) is 6.46. The Morgan fingerprint density at radius 2 is 1.90 bits per heavy atom. The number of carbonyl (C=O) groups excluding carboxylic acids is 1. The van der Waals surface area contributed by atoms with E-state index in [1.165, 1.54) is 24.1 Å². The summed E-state index contributed by atoms with van der Waals surface area (Å²) in [6.45, 7) is 11.0. The molecule has 2 saturated heterocycles. The predicted molar refractivity (Wildman–Crippen MR) is 125 cm³/mol. The molecule has 2 aliphatic heterocycles. The zero-order valence-electron chi connectivity index (χ0n) is 18.8. The molecule has 5 heteroatoms. The van der Waals surface area contributed by atoms with E-state index < -0.39 is 0 Å². The third kappa shape index (κ3) is 5.86. The van der Waals surface area contributed by atoms with Crippen molar-refractivity contribution in [2.45, 2.75) is 39.3 Å². The van der Waals surface area contributed by atoms with Crippen LogP contribution in [0, 0.1) is 5.92 Å². The minimum atomic E-state index is -0.0373. The van der Waals surface area contributed by atoms with Crippen molar-refractivity contribution in [1.29, 1.82) is 0 Å². The highest BCUT2D eigenvalue weighted by Gasteiger charge is 2.18. The van der Waals surface area contributed by atoms with Gasteiger partial charge in [-0.2, -0.15) is 0 Å². The molecule has 0 aliphatic carbocycles. The lowest BCUT2D eigenvalue weighted by molar-refractivity contribution is 0.0342. The van der Waals surface area contributed by atoms with Gasteiger partial charge in [-0.25, -0.2) is 0 Å². The molecule has 1 N–H and O–H groups in total. The van der Waals surface area contributed by atoms with Crippen LogP contribution in [-0.4, -0.2) is 50.2 Å². The highest BCUT2D eigenvalue weighted by molar-refractivity contribution is 5.94. The molecule has 2 atom stereocenters. The van der Waals surface area contributed by atoms with Gasteiger partial charge >= 0.3 is 0 Å². The topological polar surface area (TPSA) is 44.8 Å². The summed E-state index contributed by atoms with van der Waals surface area (Å²) in [7, 11) is 0. The summed E-state index contributed by atoms with van der Waals surface area (Å²) in [5.74, 6) is 0.732. The van der Waals surface area contributed by atoms with Crippen LogP contribution in [0.1, 0.15) is 54.2 Å². The summed E-state index contributed by atoms with van der Waals surface area (Å²) in [6, 6.07) is 16.6. The molecule has 2 fully saturated rings. The molecular weight excluding hydrogens is 386 g/mol. The van der Waals surface area contributed by atoms with E-state index in [9.17, 15) is 4.79 Å². The lowest BCUT2D eigenvalue weighted by Gasteiger charge is -2.33. The molecule has 2 aromatic rings. The average molecular weight is 422 g/mol. The number of piperidine rings is 1. The largest absolute Gasteiger partial charge is 0.379 e. The third-order valence-corrected chi connectivity index (χ3v) is 6.46. The molecule has 31 heavy (non-hydrogen) atoms. The first kappa shape index (κ1) is 21.8. The van der Waals surface area contributed by atoms with E-state index in [2.05, 4.69) is 52.4 Å². The van der Waals surface area contributed by atoms with Crippen molar-refractivity contribution in [3.63, 3.8) is 0 Å². The van der Waals surface area contributed by atoms with Gasteiger partial charge in [0, 0.05) is 44.0 Å². The smallest absolute Gasteiger partial charge is 0.251 e. The minimum Gasteiger partial charge on any atom is -0.379 e. The van der Waals surface area contributed by atoms with Gasteiger partial charge in [-0.15, -0.1) is 0 Å². The molecule has 0 unspecified atom stereocenters. The first-order valence-electron chi connectivity index (χ1n) is 11.6. The Balaban J connectivity index is 1.35.